The van der Waals surface area contributed by atoms with Crippen molar-refractivity contribution < 1.29 is 13.9 Å². The lowest BCUT2D eigenvalue weighted by atomic mass is 10.1. The van der Waals surface area contributed by atoms with E-state index in [1.165, 1.54) is 0 Å². The SMILES string of the molecule is Cc1c(C(=O)NN2CCS(O)(O)CC2)nn(-c2ccc(Cl)cc2Cl)c1-c1ccc(Cl)cc1. The first kappa shape index (κ1) is 23.4. The van der Waals surface area contributed by atoms with Crippen LogP contribution in [0, 0.1) is 6.92 Å². The highest BCUT2D eigenvalue weighted by atomic mass is 35.5. The Kier molecular flexibility index (Phi) is 6.74. The van der Waals surface area contributed by atoms with E-state index in [9.17, 15) is 13.9 Å². The Morgan fingerprint density at radius 1 is 1.03 bits per heavy atom. The third-order valence-electron chi connectivity index (χ3n) is 5.23. The van der Waals surface area contributed by atoms with Crippen LogP contribution in [0.1, 0.15) is 16.1 Å². The first-order valence-corrected chi connectivity index (χ1v) is 12.8. The summed E-state index contributed by atoms with van der Waals surface area (Å²) in [7, 11) is -2.56. The summed E-state index contributed by atoms with van der Waals surface area (Å²) in [6.45, 7) is 2.51. The summed E-state index contributed by atoms with van der Waals surface area (Å²) in [6, 6.07) is 12.3. The number of nitrogens with one attached hydrogen (secondary N) is 1. The van der Waals surface area contributed by atoms with Crippen LogP contribution in [0.2, 0.25) is 15.1 Å². The maximum Gasteiger partial charge on any atom is 0.286 e. The van der Waals surface area contributed by atoms with E-state index in [1.807, 2.05) is 19.1 Å². The predicted octanol–water partition coefficient (Wildman–Crippen LogP) is 5.52. The number of aromatic nitrogens is 2. The lowest BCUT2D eigenvalue weighted by molar-refractivity contribution is 0.0792. The molecule has 0 bridgehead atoms. The molecule has 4 rings (SSSR count). The minimum Gasteiger partial charge on any atom is -0.299 e. The third-order valence-corrected chi connectivity index (χ3v) is 7.69. The molecule has 0 atom stereocenters. The maximum atomic E-state index is 13.1. The Morgan fingerprint density at radius 3 is 2.28 bits per heavy atom. The van der Waals surface area contributed by atoms with Gasteiger partial charge in [-0.15, -0.1) is 0 Å². The summed E-state index contributed by atoms with van der Waals surface area (Å²) in [5.41, 5.74) is 5.82. The zero-order chi connectivity index (χ0) is 23.0. The molecule has 7 nitrogen and oxygen atoms in total. The van der Waals surface area contributed by atoms with Gasteiger partial charge in [-0.3, -0.25) is 19.3 Å². The Morgan fingerprint density at radius 2 is 1.66 bits per heavy atom. The maximum absolute atomic E-state index is 13.1. The highest BCUT2D eigenvalue weighted by molar-refractivity contribution is 8.24. The molecule has 1 fully saturated rings. The zero-order valence-corrected chi connectivity index (χ0v) is 20.1. The van der Waals surface area contributed by atoms with Gasteiger partial charge in [0, 0.05) is 34.3 Å². The van der Waals surface area contributed by atoms with Crippen LogP contribution in [0.3, 0.4) is 0 Å². The molecule has 0 spiro atoms. The topological polar surface area (TPSA) is 90.6 Å². The molecule has 0 saturated carbocycles. The van der Waals surface area contributed by atoms with Gasteiger partial charge in [0.25, 0.3) is 5.91 Å². The number of carbonyl (C=O) groups is 1. The molecule has 170 valence electrons. The molecule has 0 unspecified atom stereocenters. The molecule has 32 heavy (non-hydrogen) atoms. The van der Waals surface area contributed by atoms with E-state index in [1.54, 1.807) is 40.0 Å². The molecule has 0 radical (unpaired) electrons. The third kappa shape index (κ3) is 4.92. The molecule has 1 amide bonds. The van der Waals surface area contributed by atoms with Crippen LogP contribution < -0.4 is 5.43 Å². The van der Waals surface area contributed by atoms with Gasteiger partial charge >= 0.3 is 0 Å². The molecule has 3 aromatic rings. The van der Waals surface area contributed by atoms with Crippen molar-refractivity contribution in [2.45, 2.75) is 6.92 Å². The first-order chi connectivity index (χ1) is 15.1. The normalized spacial score (nSPS) is 17.2. The second kappa shape index (κ2) is 9.23. The average Bonchev–Trinajstić information content (AvgIpc) is 3.07. The fraction of sp³-hybridized carbons (Fsp3) is 0.238. The first-order valence-electron chi connectivity index (χ1n) is 9.75. The van der Waals surface area contributed by atoms with Gasteiger partial charge in [0.2, 0.25) is 0 Å². The molecule has 0 aliphatic carbocycles. The standard InChI is InChI=1S/C21H21Cl3N4O3S/c1-13-19(21(29)26-27-8-10-32(30,31)11-9-27)25-28(18-7-6-16(23)12-17(18)24)20(13)14-2-4-15(22)5-3-14/h2-7,12,30-31H,8-11H2,1H3,(H,26,29). The second-order valence-corrected chi connectivity index (χ2v) is 11.2. The van der Waals surface area contributed by atoms with Gasteiger partial charge in [0.05, 0.1) is 27.9 Å². The number of benzene rings is 2. The van der Waals surface area contributed by atoms with Crippen LogP contribution in [0.15, 0.2) is 42.5 Å². The number of hydrazine groups is 1. The molecular weight excluding hydrogens is 495 g/mol. The Labute approximate surface area is 202 Å². The minimum atomic E-state index is -2.56. The average molecular weight is 516 g/mol. The lowest BCUT2D eigenvalue weighted by Gasteiger charge is -2.40. The van der Waals surface area contributed by atoms with Crippen molar-refractivity contribution in [3.05, 3.63) is 68.8 Å². The van der Waals surface area contributed by atoms with Gasteiger partial charge < -0.3 is 0 Å². The molecule has 2 aromatic carbocycles. The van der Waals surface area contributed by atoms with Crippen molar-refractivity contribution in [3.63, 3.8) is 0 Å². The summed E-state index contributed by atoms with van der Waals surface area (Å²) in [5.74, 6) is 0.0498. The van der Waals surface area contributed by atoms with Crippen molar-refractivity contribution in [2.75, 3.05) is 24.6 Å². The van der Waals surface area contributed by atoms with Gasteiger partial charge in [0.1, 0.15) is 0 Å². The van der Waals surface area contributed by atoms with Crippen molar-refractivity contribution >= 4 is 51.3 Å². The highest BCUT2D eigenvalue weighted by Gasteiger charge is 2.27. The number of amides is 1. The largest absolute Gasteiger partial charge is 0.299 e. The zero-order valence-electron chi connectivity index (χ0n) is 17.1. The number of hydrogen-bond donors (Lipinski definition) is 3. The highest BCUT2D eigenvalue weighted by Crippen LogP contribution is 2.40. The van der Waals surface area contributed by atoms with Gasteiger partial charge in [-0.1, -0.05) is 46.9 Å². The van der Waals surface area contributed by atoms with E-state index >= 15 is 0 Å². The number of halogens is 3. The number of nitrogens with zero attached hydrogens (tertiary/aromatic N) is 3. The molecule has 1 aliphatic rings. The lowest BCUT2D eigenvalue weighted by Crippen LogP contribution is -2.49. The Balaban J connectivity index is 1.74. The van der Waals surface area contributed by atoms with E-state index in [-0.39, 0.29) is 23.1 Å². The summed E-state index contributed by atoms with van der Waals surface area (Å²) in [4.78, 5) is 13.1. The van der Waals surface area contributed by atoms with Crippen LogP contribution in [0.4, 0.5) is 0 Å². The molecule has 3 N–H and O–H groups in total. The quantitative estimate of drug-likeness (QED) is 0.426. The predicted molar refractivity (Wildman–Crippen MR) is 130 cm³/mol. The smallest absolute Gasteiger partial charge is 0.286 e. The van der Waals surface area contributed by atoms with E-state index in [4.69, 9.17) is 34.8 Å². The summed E-state index contributed by atoms with van der Waals surface area (Å²) in [5, 5.41) is 7.74. The van der Waals surface area contributed by atoms with Crippen LogP contribution in [-0.2, 0) is 0 Å². The van der Waals surface area contributed by atoms with E-state index < -0.39 is 10.6 Å². The molecule has 1 saturated heterocycles. The minimum absolute atomic E-state index is 0.219. The van der Waals surface area contributed by atoms with E-state index in [0.717, 1.165) is 5.56 Å². The molecular formula is C21H21Cl3N4O3S. The molecule has 2 heterocycles. The Bertz CT molecular complexity index is 1160. The number of hydrogen-bond acceptors (Lipinski definition) is 5. The van der Waals surface area contributed by atoms with Gasteiger partial charge in [0.15, 0.2) is 5.69 Å². The Hall–Kier alpha value is -1.78. The van der Waals surface area contributed by atoms with Gasteiger partial charge in [-0.05, 0) is 37.3 Å². The summed E-state index contributed by atoms with van der Waals surface area (Å²) in [6.07, 6.45) is 0. The fourth-order valence-electron chi connectivity index (χ4n) is 3.52. The monoisotopic (exact) mass is 514 g/mol. The molecule has 1 aliphatic heterocycles. The van der Waals surface area contributed by atoms with Gasteiger partial charge in [-0.2, -0.15) is 15.7 Å². The van der Waals surface area contributed by atoms with Crippen LogP contribution in [0.5, 0.6) is 0 Å². The summed E-state index contributed by atoms with van der Waals surface area (Å²) >= 11 is 18.6. The second-order valence-electron chi connectivity index (χ2n) is 7.48. The van der Waals surface area contributed by atoms with Crippen molar-refractivity contribution in [2.24, 2.45) is 0 Å². The van der Waals surface area contributed by atoms with Crippen LogP contribution in [-0.4, -0.2) is 54.4 Å². The van der Waals surface area contributed by atoms with Crippen molar-refractivity contribution in [1.82, 2.24) is 20.2 Å². The number of rotatable bonds is 4. The van der Waals surface area contributed by atoms with Crippen LogP contribution >= 0.6 is 45.4 Å². The van der Waals surface area contributed by atoms with Crippen molar-refractivity contribution in [1.29, 1.82) is 0 Å². The molecule has 1 aromatic heterocycles. The number of carbonyl (C=O) groups excluding carboxylic acids is 1. The van der Waals surface area contributed by atoms with E-state index in [0.29, 0.717) is 45.1 Å². The van der Waals surface area contributed by atoms with Crippen molar-refractivity contribution in [3.8, 4) is 16.9 Å². The fourth-order valence-corrected chi connectivity index (χ4v) is 5.36. The van der Waals surface area contributed by atoms with Gasteiger partial charge in [-0.25, -0.2) is 9.69 Å². The van der Waals surface area contributed by atoms with Crippen LogP contribution in [0.25, 0.3) is 16.9 Å². The van der Waals surface area contributed by atoms with E-state index in [2.05, 4.69) is 10.5 Å². The molecule has 11 heteroatoms. The summed E-state index contributed by atoms with van der Waals surface area (Å²) < 4.78 is 21.2.